The van der Waals surface area contributed by atoms with Crippen LogP contribution >= 0.6 is 11.8 Å². The Kier molecular flexibility index (Phi) is 6.20. The number of amides is 3. The van der Waals surface area contributed by atoms with Crippen molar-refractivity contribution in [2.45, 2.75) is 27.7 Å². The molecule has 0 atom stereocenters. The van der Waals surface area contributed by atoms with Crippen LogP contribution in [0.2, 0.25) is 0 Å². The van der Waals surface area contributed by atoms with Crippen LogP contribution in [0, 0.1) is 27.7 Å². The molecule has 168 valence electrons. The topological polar surface area (TPSA) is 84.3 Å². The summed E-state index contributed by atoms with van der Waals surface area (Å²) in [6.45, 7) is 7.44. The number of imide groups is 1. The fraction of sp³-hybridized carbons (Fsp3) is 0.200. The van der Waals surface area contributed by atoms with Crippen LogP contribution in [0.5, 0.6) is 0 Å². The van der Waals surface area contributed by atoms with Gasteiger partial charge in [0.05, 0.1) is 4.91 Å². The van der Waals surface area contributed by atoms with Crippen molar-refractivity contribution < 1.29 is 14.4 Å². The van der Waals surface area contributed by atoms with Gasteiger partial charge >= 0.3 is 0 Å². The number of nitrogens with one attached hydrogen (secondary N) is 1. The molecule has 3 amide bonds. The first kappa shape index (κ1) is 22.5. The lowest BCUT2D eigenvalue weighted by atomic mass is 10.1. The molecule has 33 heavy (non-hydrogen) atoms. The van der Waals surface area contributed by atoms with Gasteiger partial charge in [-0.25, -0.2) is 4.98 Å². The summed E-state index contributed by atoms with van der Waals surface area (Å²) < 4.78 is 1.99. The molecule has 3 heterocycles. The molecule has 1 aromatic carbocycles. The first-order chi connectivity index (χ1) is 15.7. The summed E-state index contributed by atoms with van der Waals surface area (Å²) in [6, 6.07) is 13.3. The largest absolute Gasteiger partial charge is 0.324 e. The third kappa shape index (κ3) is 4.61. The Morgan fingerprint density at radius 2 is 1.88 bits per heavy atom. The van der Waals surface area contributed by atoms with E-state index < -0.39 is 17.1 Å². The monoisotopic (exact) mass is 460 g/mol. The highest BCUT2D eigenvalue weighted by atomic mass is 32.2. The minimum Gasteiger partial charge on any atom is -0.324 e. The lowest BCUT2D eigenvalue weighted by molar-refractivity contribution is -0.127. The third-order valence-corrected chi connectivity index (χ3v) is 6.37. The molecule has 4 rings (SSSR count). The predicted molar refractivity (Wildman–Crippen MR) is 130 cm³/mol. The standard InChI is InChI=1S/C25H24N4O3S/c1-15-8-9-20(16(2)11-15)27-23(30)14-28-24(31)21(33-25(28)32)13-19-12-17(3)29(18(19)4)22-7-5-6-10-26-22/h5-13H,14H2,1-4H3,(H,27,30)/b21-13-. The first-order valence-electron chi connectivity index (χ1n) is 10.5. The second kappa shape index (κ2) is 9.07. The van der Waals surface area contributed by atoms with Crippen LogP contribution in [0.25, 0.3) is 11.9 Å². The van der Waals surface area contributed by atoms with E-state index in [0.29, 0.717) is 10.6 Å². The summed E-state index contributed by atoms with van der Waals surface area (Å²) in [5.74, 6) is -0.106. The number of pyridine rings is 1. The SMILES string of the molecule is Cc1ccc(NC(=O)CN2C(=O)S/C(=C\c3cc(C)n(-c4ccccn4)c3C)C2=O)c(C)c1. The average molecular weight is 461 g/mol. The zero-order chi connectivity index (χ0) is 23.7. The Morgan fingerprint density at radius 3 is 2.58 bits per heavy atom. The second-order valence-corrected chi connectivity index (χ2v) is 8.98. The number of thioether (sulfide) groups is 1. The summed E-state index contributed by atoms with van der Waals surface area (Å²) >= 11 is 0.843. The highest BCUT2D eigenvalue weighted by molar-refractivity contribution is 8.18. The van der Waals surface area contributed by atoms with Gasteiger partial charge in [-0.15, -0.1) is 0 Å². The molecule has 1 N–H and O–H groups in total. The van der Waals surface area contributed by atoms with E-state index >= 15 is 0 Å². The lowest BCUT2D eigenvalue weighted by Crippen LogP contribution is -2.36. The van der Waals surface area contributed by atoms with Gasteiger partial charge < -0.3 is 9.88 Å². The Bertz CT molecular complexity index is 1290. The predicted octanol–water partition coefficient (Wildman–Crippen LogP) is 4.78. The average Bonchev–Trinajstić information content (AvgIpc) is 3.20. The van der Waals surface area contributed by atoms with Crippen LogP contribution in [0.15, 0.2) is 53.6 Å². The van der Waals surface area contributed by atoms with Gasteiger partial charge in [-0.2, -0.15) is 0 Å². The van der Waals surface area contributed by atoms with E-state index in [4.69, 9.17) is 0 Å². The van der Waals surface area contributed by atoms with Crippen LogP contribution in [0.4, 0.5) is 10.5 Å². The van der Waals surface area contributed by atoms with E-state index in [9.17, 15) is 14.4 Å². The zero-order valence-electron chi connectivity index (χ0n) is 18.9. The number of anilines is 1. The molecule has 7 nitrogen and oxygen atoms in total. The Morgan fingerprint density at radius 1 is 1.09 bits per heavy atom. The van der Waals surface area contributed by atoms with E-state index in [1.54, 1.807) is 12.3 Å². The van der Waals surface area contributed by atoms with Crippen molar-refractivity contribution in [1.82, 2.24) is 14.5 Å². The summed E-state index contributed by atoms with van der Waals surface area (Å²) in [7, 11) is 0. The summed E-state index contributed by atoms with van der Waals surface area (Å²) in [5, 5.41) is 2.33. The molecule has 0 radical (unpaired) electrons. The van der Waals surface area contributed by atoms with E-state index in [1.165, 1.54) is 0 Å². The second-order valence-electron chi connectivity index (χ2n) is 7.98. The maximum atomic E-state index is 12.9. The zero-order valence-corrected chi connectivity index (χ0v) is 19.7. The van der Waals surface area contributed by atoms with Crippen molar-refractivity contribution in [3.8, 4) is 5.82 Å². The number of hydrogen-bond donors (Lipinski definition) is 1. The highest BCUT2D eigenvalue weighted by Crippen LogP contribution is 2.33. The Balaban J connectivity index is 1.52. The maximum absolute atomic E-state index is 12.9. The van der Waals surface area contributed by atoms with E-state index in [2.05, 4.69) is 10.3 Å². The van der Waals surface area contributed by atoms with E-state index in [0.717, 1.165) is 50.6 Å². The number of carbonyl (C=O) groups excluding carboxylic acids is 3. The molecule has 0 spiro atoms. The van der Waals surface area contributed by atoms with Crippen molar-refractivity contribution in [1.29, 1.82) is 0 Å². The van der Waals surface area contributed by atoms with Gasteiger partial charge in [0.25, 0.3) is 11.1 Å². The van der Waals surface area contributed by atoms with E-state index in [1.807, 2.05) is 74.7 Å². The molecule has 0 bridgehead atoms. The van der Waals surface area contributed by atoms with Crippen molar-refractivity contribution >= 4 is 40.6 Å². The molecular weight excluding hydrogens is 436 g/mol. The van der Waals surface area contributed by atoms with Gasteiger partial charge in [0, 0.05) is 23.3 Å². The molecule has 0 aliphatic carbocycles. The first-order valence-corrected chi connectivity index (χ1v) is 11.3. The Labute approximate surface area is 196 Å². The molecule has 1 fully saturated rings. The van der Waals surface area contributed by atoms with Gasteiger partial charge in [-0.3, -0.25) is 19.3 Å². The van der Waals surface area contributed by atoms with Gasteiger partial charge in [-0.1, -0.05) is 23.8 Å². The van der Waals surface area contributed by atoms with Crippen molar-refractivity contribution in [2.24, 2.45) is 0 Å². The number of aryl methyl sites for hydroxylation is 3. The minimum absolute atomic E-state index is 0.292. The van der Waals surface area contributed by atoms with Crippen LogP contribution in [-0.4, -0.2) is 38.0 Å². The lowest BCUT2D eigenvalue weighted by Gasteiger charge is -2.14. The van der Waals surface area contributed by atoms with Crippen LogP contribution in [0.1, 0.15) is 28.1 Å². The van der Waals surface area contributed by atoms with Crippen molar-refractivity contribution in [3.05, 3.63) is 81.6 Å². The molecule has 8 heteroatoms. The molecule has 0 saturated carbocycles. The smallest absolute Gasteiger partial charge is 0.294 e. The summed E-state index contributed by atoms with van der Waals surface area (Å²) in [6.07, 6.45) is 3.43. The molecule has 2 aromatic heterocycles. The molecular formula is C25H24N4O3S. The fourth-order valence-electron chi connectivity index (χ4n) is 3.84. The Hall–Kier alpha value is -3.65. The summed E-state index contributed by atoms with van der Waals surface area (Å²) in [4.78, 5) is 43.6. The van der Waals surface area contributed by atoms with Gasteiger partial charge in [0.2, 0.25) is 5.91 Å². The number of aromatic nitrogens is 2. The number of carbonyl (C=O) groups is 3. The van der Waals surface area contributed by atoms with Crippen molar-refractivity contribution in [2.75, 3.05) is 11.9 Å². The van der Waals surface area contributed by atoms with Gasteiger partial charge in [0.1, 0.15) is 12.4 Å². The van der Waals surface area contributed by atoms with Gasteiger partial charge in [-0.05, 0) is 80.9 Å². The van der Waals surface area contributed by atoms with Crippen LogP contribution < -0.4 is 5.32 Å². The number of hydrogen-bond acceptors (Lipinski definition) is 5. The van der Waals surface area contributed by atoms with E-state index in [-0.39, 0.29) is 6.54 Å². The van der Waals surface area contributed by atoms with Crippen LogP contribution in [0.3, 0.4) is 0 Å². The minimum atomic E-state index is -0.469. The molecule has 1 saturated heterocycles. The van der Waals surface area contributed by atoms with Gasteiger partial charge in [0.15, 0.2) is 0 Å². The molecule has 3 aromatic rings. The number of benzene rings is 1. The fourth-order valence-corrected chi connectivity index (χ4v) is 4.67. The molecule has 0 unspecified atom stereocenters. The quantitative estimate of drug-likeness (QED) is 0.554. The van der Waals surface area contributed by atoms with Crippen LogP contribution in [-0.2, 0) is 9.59 Å². The third-order valence-electron chi connectivity index (χ3n) is 5.47. The molecule has 1 aliphatic rings. The molecule has 1 aliphatic heterocycles. The number of nitrogens with zero attached hydrogens (tertiary/aromatic N) is 3. The summed E-state index contributed by atoms with van der Waals surface area (Å²) in [5.41, 5.74) is 5.36. The normalized spacial score (nSPS) is 14.9. The highest BCUT2D eigenvalue weighted by Gasteiger charge is 2.36. The van der Waals surface area contributed by atoms with Crippen molar-refractivity contribution in [3.63, 3.8) is 0 Å². The number of rotatable bonds is 5. The maximum Gasteiger partial charge on any atom is 0.294 e.